The van der Waals surface area contributed by atoms with E-state index < -0.39 is 0 Å². The molecule has 0 bridgehead atoms. The molecule has 1 heterocycles. The molecule has 28 heavy (non-hydrogen) atoms. The molecule has 0 atom stereocenters. The monoisotopic (exact) mass is 396 g/mol. The number of benzene rings is 2. The highest BCUT2D eigenvalue weighted by atomic mass is 35.5. The van der Waals surface area contributed by atoms with E-state index in [0.29, 0.717) is 29.0 Å². The van der Waals surface area contributed by atoms with Gasteiger partial charge in [0.25, 0.3) is 5.91 Å². The van der Waals surface area contributed by atoms with Crippen molar-refractivity contribution in [3.8, 4) is 5.75 Å². The number of aromatic nitrogens is 2. The molecule has 0 fully saturated rings. The van der Waals surface area contributed by atoms with Crippen molar-refractivity contribution < 1.29 is 9.53 Å². The Morgan fingerprint density at radius 2 is 1.86 bits per heavy atom. The van der Waals surface area contributed by atoms with Crippen molar-refractivity contribution in [3.05, 3.63) is 70.6 Å². The Morgan fingerprint density at radius 3 is 2.57 bits per heavy atom. The number of amides is 1. The van der Waals surface area contributed by atoms with Crippen molar-refractivity contribution in [2.75, 3.05) is 17.2 Å². The average Bonchev–Trinajstić information content (AvgIpc) is 2.67. The molecule has 1 aromatic heterocycles. The van der Waals surface area contributed by atoms with Crippen molar-refractivity contribution in [2.45, 2.75) is 20.8 Å². The Balaban J connectivity index is 1.78. The molecule has 2 N–H and O–H groups in total. The van der Waals surface area contributed by atoms with Crippen LogP contribution < -0.4 is 15.4 Å². The molecular formula is C21H21ClN4O2. The van der Waals surface area contributed by atoms with E-state index in [1.54, 1.807) is 37.3 Å². The number of anilines is 3. The van der Waals surface area contributed by atoms with Crippen molar-refractivity contribution in [1.82, 2.24) is 9.97 Å². The van der Waals surface area contributed by atoms with Gasteiger partial charge in [0.2, 0.25) is 0 Å². The number of hydrogen-bond acceptors (Lipinski definition) is 5. The number of ether oxygens (including phenoxy) is 1. The van der Waals surface area contributed by atoms with E-state index in [9.17, 15) is 4.79 Å². The Bertz CT molecular complexity index is 990. The van der Waals surface area contributed by atoms with Crippen molar-refractivity contribution in [3.63, 3.8) is 0 Å². The number of halogens is 1. The molecule has 144 valence electrons. The second kappa shape index (κ2) is 8.71. The van der Waals surface area contributed by atoms with Crippen LogP contribution in [-0.4, -0.2) is 22.5 Å². The van der Waals surface area contributed by atoms with Gasteiger partial charge in [-0.25, -0.2) is 9.97 Å². The summed E-state index contributed by atoms with van der Waals surface area (Å²) in [6.07, 6.45) is 0. The lowest BCUT2D eigenvalue weighted by atomic mass is 10.2. The van der Waals surface area contributed by atoms with Crippen LogP contribution in [0.25, 0.3) is 0 Å². The van der Waals surface area contributed by atoms with E-state index in [1.165, 1.54) is 0 Å². The zero-order valence-electron chi connectivity index (χ0n) is 15.9. The van der Waals surface area contributed by atoms with Crippen LogP contribution in [0.1, 0.15) is 28.8 Å². The molecule has 0 aliphatic carbocycles. The smallest absolute Gasteiger partial charge is 0.274 e. The zero-order valence-corrected chi connectivity index (χ0v) is 16.7. The summed E-state index contributed by atoms with van der Waals surface area (Å²) in [4.78, 5) is 21.2. The van der Waals surface area contributed by atoms with Crippen LogP contribution in [0.2, 0.25) is 5.02 Å². The van der Waals surface area contributed by atoms with Gasteiger partial charge in [0.05, 0.1) is 6.61 Å². The minimum atomic E-state index is -0.319. The van der Waals surface area contributed by atoms with Crippen LogP contribution in [0.15, 0.2) is 48.5 Å². The number of carbonyl (C=O) groups excluding carboxylic acids is 1. The predicted octanol–water partition coefficient (Wildman–Crippen LogP) is 5.14. The van der Waals surface area contributed by atoms with Crippen LogP contribution >= 0.6 is 11.6 Å². The van der Waals surface area contributed by atoms with Gasteiger partial charge in [-0.05, 0) is 62.7 Å². The molecule has 0 aliphatic heterocycles. The highest BCUT2D eigenvalue weighted by Gasteiger charge is 2.12. The van der Waals surface area contributed by atoms with E-state index in [0.717, 1.165) is 17.0 Å². The summed E-state index contributed by atoms with van der Waals surface area (Å²) in [6, 6.07) is 14.4. The largest absolute Gasteiger partial charge is 0.494 e. The number of carbonyl (C=O) groups is 1. The molecule has 1 amide bonds. The molecule has 3 rings (SSSR count). The third-order valence-corrected chi connectivity index (χ3v) is 4.43. The first-order valence-electron chi connectivity index (χ1n) is 8.88. The van der Waals surface area contributed by atoms with E-state index in [-0.39, 0.29) is 11.6 Å². The Kier molecular flexibility index (Phi) is 6.11. The van der Waals surface area contributed by atoms with Gasteiger partial charge in [0.1, 0.15) is 23.1 Å². The average molecular weight is 397 g/mol. The summed E-state index contributed by atoms with van der Waals surface area (Å²) in [6.45, 7) is 6.17. The predicted molar refractivity (Wildman–Crippen MR) is 112 cm³/mol. The minimum Gasteiger partial charge on any atom is -0.494 e. The van der Waals surface area contributed by atoms with Gasteiger partial charge in [-0.1, -0.05) is 17.7 Å². The van der Waals surface area contributed by atoms with Gasteiger partial charge in [0.15, 0.2) is 0 Å². The van der Waals surface area contributed by atoms with Gasteiger partial charge in [0, 0.05) is 22.5 Å². The van der Waals surface area contributed by atoms with E-state index in [4.69, 9.17) is 16.3 Å². The Hall–Kier alpha value is -3.12. The molecule has 2 aromatic carbocycles. The third-order valence-electron chi connectivity index (χ3n) is 4.02. The summed E-state index contributed by atoms with van der Waals surface area (Å²) in [5.41, 5.74) is 2.65. The summed E-state index contributed by atoms with van der Waals surface area (Å²) >= 11 is 6.17. The minimum absolute atomic E-state index is 0.267. The third kappa shape index (κ3) is 4.78. The first-order chi connectivity index (χ1) is 13.5. The van der Waals surface area contributed by atoms with Crippen LogP contribution in [0.5, 0.6) is 5.75 Å². The summed E-state index contributed by atoms with van der Waals surface area (Å²) in [7, 11) is 0. The molecule has 0 spiro atoms. The molecule has 0 radical (unpaired) electrons. The van der Waals surface area contributed by atoms with E-state index >= 15 is 0 Å². The Labute approximate surface area is 168 Å². The van der Waals surface area contributed by atoms with E-state index in [1.807, 2.05) is 32.0 Å². The zero-order chi connectivity index (χ0) is 20.1. The van der Waals surface area contributed by atoms with Gasteiger partial charge < -0.3 is 15.4 Å². The maximum atomic E-state index is 12.6. The lowest BCUT2D eigenvalue weighted by Crippen LogP contribution is -2.15. The number of nitrogens with one attached hydrogen (secondary N) is 2. The van der Waals surface area contributed by atoms with Crippen molar-refractivity contribution in [1.29, 1.82) is 0 Å². The SMILES string of the molecule is CCOc1ccc(NC(=O)c2cc(Nc3cccc(Cl)c3C)nc(C)n2)cc1. The fourth-order valence-corrected chi connectivity index (χ4v) is 2.80. The molecule has 3 aromatic rings. The summed E-state index contributed by atoms with van der Waals surface area (Å²) in [5.74, 6) is 1.44. The molecule has 0 aliphatic rings. The molecule has 7 heteroatoms. The second-order valence-electron chi connectivity index (χ2n) is 6.13. The number of rotatable bonds is 6. The van der Waals surface area contributed by atoms with E-state index in [2.05, 4.69) is 20.6 Å². The van der Waals surface area contributed by atoms with Crippen LogP contribution in [0, 0.1) is 13.8 Å². The lowest BCUT2D eigenvalue weighted by molar-refractivity contribution is 0.102. The standard InChI is InChI=1S/C21H21ClN4O2/c1-4-28-16-10-8-15(9-11-16)25-21(27)19-12-20(24-14(3)23-19)26-18-7-5-6-17(22)13(18)2/h5-12H,4H2,1-3H3,(H,25,27)(H,23,24,26). The van der Waals surface area contributed by atoms with Crippen molar-refractivity contribution >= 4 is 34.7 Å². The summed E-state index contributed by atoms with van der Waals surface area (Å²) in [5, 5.41) is 6.69. The maximum Gasteiger partial charge on any atom is 0.274 e. The van der Waals surface area contributed by atoms with Crippen LogP contribution in [-0.2, 0) is 0 Å². The fraction of sp³-hybridized carbons (Fsp3) is 0.190. The highest BCUT2D eigenvalue weighted by molar-refractivity contribution is 6.31. The quantitative estimate of drug-likeness (QED) is 0.603. The molecule has 0 saturated carbocycles. The normalized spacial score (nSPS) is 10.4. The summed E-state index contributed by atoms with van der Waals surface area (Å²) < 4.78 is 5.41. The van der Waals surface area contributed by atoms with Crippen LogP contribution in [0.3, 0.4) is 0 Å². The maximum absolute atomic E-state index is 12.6. The molecule has 6 nitrogen and oxygen atoms in total. The molecule has 0 unspecified atom stereocenters. The van der Waals surface area contributed by atoms with Gasteiger partial charge >= 0.3 is 0 Å². The van der Waals surface area contributed by atoms with Crippen molar-refractivity contribution in [2.24, 2.45) is 0 Å². The van der Waals surface area contributed by atoms with Gasteiger partial charge in [-0.3, -0.25) is 4.79 Å². The first-order valence-corrected chi connectivity index (χ1v) is 9.26. The number of aryl methyl sites for hydroxylation is 1. The highest BCUT2D eigenvalue weighted by Crippen LogP contribution is 2.26. The fourth-order valence-electron chi connectivity index (χ4n) is 2.63. The van der Waals surface area contributed by atoms with Crippen LogP contribution in [0.4, 0.5) is 17.2 Å². The lowest BCUT2D eigenvalue weighted by Gasteiger charge is -2.12. The topological polar surface area (TPSA) is 76.1 Å². The number of nitrogens with zero attached hydrogens (tertiary/aromatic N) is 2. The second-order valence-corrected chi connectivity index (χ2v) is 6.54. The Morgan fingerprint density at radius 1 is 1.11 bits per heavy atom. The first kappa shape index (κ1) is 19.6. The molecular weight excluding hydrogens is 376 g/mol. The van der Waals surface area contributed by atoms with Gasteiger partial charge in [-0.15, -0.1) is 0 Å². The number of hydrogen-bond donors (Lipinski definition) is 2. The van der Waals surface area contributed by atoms with Gasteiger partial charge in [-0.2, -0.15) is 0 Å². The molecule has 0 saturated heterocycles.